The number of nitrogens with one attached hydrogen (secondary N) is 1. The number of benzene rings is 1. The number of ether oxygens (including phenoxy) is 3. The summed E-state index contributed by atoms with van der Waals surface area (Å²) in [6.45, 7) is 1.31. The van der Waals surface area contributed by atoms with Crippen LogP contribution in [0.1, 0.15) is 0 Å². The average Bonchev–Trinajstić information content (AvgIpc) is 3.55. The van der Waals surface area contributed by atoms with Crippen LogP contribution in [0.2, 0.25) is 5.02 Å². The molecule has 3 fully saturated rings. The van der Waals surface area contributed by atoms with Crippen molar-refractivity contribution in [3.8, 4) is 17.3 Å². The first kappa shape index (κ1) is 21.1. The largest absolute Gasteiger partial charge is 0.456 e. The van der Waals surface area contributed by atoms with E-state index in [4.69, 9.17) is 25.8 Å². The van der Waals surface area contributed by atoms with Crippen molar-refractivity contribution in [1.29, 1.82) is 0 Å². The maximum atomic E-state index is 9.89. The van der Waals surface area contributed by atoms with Crippen LogP contribution >= 0.6 is 11.6 Å². The van der Waals surface area contributed by atoms with E-state index >= 15 is 0 Å². The number of rotatable bonds is 4. The number of halogens is 1. The van der Waals surface area contributed by atoms with Crippen molar-refractivity contribution in [2.24, 2.45) is 0 Å². The van der Waals surface area contributed by atoms with Gasteiger partial charge in [-0.2, -0.15) is 4.98 Å². The number of aromatic nitrogens is 3. The number of aliphatic hydroxyl groups excluding tert-OH is 3. The molecular weight excluding hydrogens is 452 g/mol. The Labute approximate surface area is 193 Å². The highest BCUT2D eigenvalue weighted by Crippen LogP contribution is 2.33. The number of H-pyrrole nitrogens is 1. The van der Waals surface area contributed by atoms with Crippen molar-refractivity contribution < 1.29 is 29.5 Å². The zero-order valence-electron chi connectivity index (χ0n) is 17.5. The minimum absolute atomic E-state index is 0.230. The van der Waals surface area contributed by atoms with Gasteiger partial charge in [0, 0.05) is 24.3 Å². The van der Waals surface area contributed by atoms with Crippen molar-refractivity contribution in [3.63, 3.8) is 0 Å². The monoisotopic (exact) mass is 474 g/mol. The van der Waals surface area contributed by atoms with Gasteiger partial charge >= 0.3 is 0 Å². The van der Waals surface area contributed by atoms with Crippen LogP contribution < -0.4 is 9.64 Å². The molecule has 6 atom stereocenters. The van der Waals surface area contributed by atoms with E-state index in [2.05, 4.69) is 15.0 Å². The van der Waals surface area contributed by atoms with Gasteiger partial charge in [0.05, 0.1) is 41.7 Å². The van der Waals surface area contributed by atoms with Gasteiger partial charge in [-0.3, -0.25) is 0 Å². The molecule has 0 saturated carbocycles. The summed E-state index contributed by atoms with van der Waals surface area (Å²) >= 11 is 6.52. The van der Waals surface area contributed by atoms with E-state index in [1.54, 1.807) is 6.07 Å². The number of hydrogen-bond donors (Lipinski definition) is 4. The molecule has 11 heteroatoms. The Balaban J connectivity index is 1.22. The molecule has 2 aromatic heterocycles. The quantitative estimate of drug-likeness (QED) is 0.431. The first-order valence-corrected chi connectivity index (χ1v) is 11.2. The van der Waals surface area contributed by atoms with Crippen LogP contribution in [0, 0.1) is 0 Å². The topological polar surface area (TPSA) is 133 Å². The minimum Gasteiger partial charge on any atom is -0.456 e. The highest BCUT2D eigenvalue weighted by atomic mass is 35.5. The summed E-state index contributed by atoms with van der Waals surface area (Å²) in [5.74, 6) is 0. The van der Waals surface area contributed by atoms with Gasteiger partial charge in [-0.05, 0) is 18.2 Å². The van der Waals surface area contributed by atoms with Gasteiger partial charge in [-0.15, -0.1) is 0 Å². The second kappa shape index (κ2) is 8.08. The van der Waals surface area contributed by atoms with Crippen molar-refractivity contribution >= 4 is 28.5 Å². The molecule has 3 aromatic rings. The molecule has 5 heterocycles. The van der Waals surface area contributed by atoms with Gasteiger partial charge in [0.15, 0.2) is 11.8 Å². The maximum Gasteiger partial charge on any atom is 0.296 e. The van der Waals surface area contributed by atoms with Crippen LogP contribution in [0.25, 0.3) is 22.4 Å². The number of nitrogens with zero attached hydrogens (tertiary/aromatic N) is 3. The van der Waals surface area contributed by atoms with E-state index in [0.717, 1.165) is 11.3 Å². The zero-order chi connectivity index (χ0) is 22.7. The second-order valence-electron chi connectivity index (χ2n) is 8.64. The van der Waals surface area contributed by atoms with Gasteiger partial charge in [0.1, 0.15) is 18.3 Å². The van der Waals surface area contributed by atoms with E-state index < -0.39 is 18.3 Å². The normalized spacial score (nSPS) is 31.5. The fourth-order valence-electron chi connectivity index (χ4n) is 4.65. The lowest BCUT2D eigenvalue weighted by atomic mass is 10.1. The number of aromatic amines is 1. The Kier molecular flexibility index (Phi) is 5.17. The molecule has 0 spiro atoms. The Morgan fingerprint density at radius 2 is 1.70 bits per heavy atom. The second-order valence-corrected chi connectivity index (χ2v) is 9.05. The third-order valence-corrected chi connectivity index (χ3v) is 6.70. The van der Waals surface area contributed by atoms with Crippen molar-refractivity contribution in [2.75, 3.05) is 31.2 Å². The molecule has 33 heavy (non-hydrogen) atoms. The molecule has 0 radical (unpaired) electrons. The van der Waals surface area contributed by atoms with Gasteiger partial charge in [-0.1, -0.05) is 23.7 Å². The van der Waals surface area contributed by atoms with Crippen LogP contribution in [0.4, 0.5) is 5.69 Å². The van der Waals surface area contributed by atoms with Crippen molar-refractivity contribution in [3.05, 3.63) is 35.4 Å². The highest BCUT2D eigenvalue weighted by molar-refractivity contribution is 6.33. The summed E-state index contributed by atoms with van der Waals surface area (Å²) < 4.78 is 17.1. The predicted octanol–water partition coefficient (Wildman–Crippen LogP) is 0.726. The summed E-state index contributed by atoms with van der Waals surface area (Å²) in [6.07, 6.45) is -3.23. The SMILES string of the molecule is OC1CN(c2ccc(-c3nc4nc(OC5COC6C(O)COC56)[nH]c4cc3Cl)cc2)CC1O. The highest BCUT2D eigenvalue weighted by Gasteiger charge is 2.48. The Hall–Kier alpha value is -2.47. The van der Waals surface area contributed by atoms with E-state index in [-0.39, 0.29) is 30.9 Å². The van der Waals surface area contributed by atoms with Gasteiger partial charge in [0.25, 0.3) is 6.01 Å². The summed E-state index contributed by atoms with van der Waals surface area (Å²) in [7, 11) is 0. The van der Waals surface area contributed by atoms with Crippen LogP contribution in [0.5, 0.6) is 6.01 Å². The molecule has 10 nitrogen and oxygen atoms in total. The van der Waals surface area contributed by atoms with Gasteiger partial charge in [0.2, 0.25) is 0 Å². The molecule has 6 rings (SSSR count). The molecule has 3 aliphatic rings. The molecule has 6 unspecified atom stereocenters. The van der Waals surface area contributed by atoms with Crippen LogP contribution in [-0.2, 0) is 9.47 Å². The first-order valence-electron chi connectivity index (χ1n) is 10.8. The third-order valence-electron chi connectivity index (χ3n) is 6.41. The van der Waals surface area contributed by atoms with E-state index in [1.807, 2.05) is 29.2 Å². The van der Waals surface area contributed by atoms with Gasteiger partial charge in [-0.25, -0.2) is 4.98 Å². The summed E-state index contributed by atoms with van der Waals surface area (Å²) in [4.78, 5) is 14.1. The van der Waals surface area contributed by atoms with E-state index in [1.165, 1.54) is 0 Å². The number of fused-ring (bicyclic) bond motifs is 2. The third kappa shape index (κ3) is 3.72. The van der Waals surface area contributed by atoms with Crippen molar-refractivity contribution in [2.45, 2.75) is 36.6 Å². The molecule has 3 aliphatic heterocycles. The fraction of sp³-hybridized carbons (Fsp3) is 0.455. The molecule has 1 aromatic carbocycles. The summed E-state index contributed by atoms with van der Waals surface area (Å²) in [5.41, 5.74) is 3.40. The lowest BCUT2D eigenvalue weighted by molar-refractivity contribution is 0.00706. The number of hydrogen-bond acceptors (Lipinski definition) is 9. The number of β-amino-alcohol motifs (C(OH)–C–C–N with tert-alkyl or cyclic N) is 2. The molecular formula is C22H23ClN4O6. The lowest BCUT2D eigenvalue weighted by Gasteiger charge is -2.18. The number of anilines is 1. The molecule has 0 amide bonds. The minimum atomic E-state index is -0.744. The van der Waals surface area contributed by atoms with E-state index in [0.29, 0.717) is 41.6 Å². The Bertz CT molecular complexity index is 1160. The van der Waals surface area contributed by atoms with Crippen LogP contribution in [-0.4, -0.2) is 93.2 Å². The average molecular weight is 475 g/mol. The summed E-state index contributed by atoms with van der Waals surface area (Å²) in [5, 5.41) is 29.9. The van der Waals surface area contributed by atoms with Crippen LogP contribution in [0.15, 0.2) is 30.3 Å². The van der Waals surface area contributed by atoms with Crippen LogP contribution in [0.3, 0.4) is 0 Å². The maximum absolute atomic E-state index is 9.89. The predicted molar refractivity (Wildman–Crippen MR) is 118 cm³/mol. The zero-order valence-corrected chi connectivity index (χ0v) is 18.2. The fourth-order valence-corrected chi connectivity index (χ4v) is 4.91. The molecule has 0 bridgehead atoms. The Morgan fingerprint density at radius 1 is 0.970 bits per heavy atom. The molecule has 4 N–H and O–H groups in total. The molecule has 0 aliphatic carbocycles. The van der Waals surface area contributed by atoms with Crippen molar-refractivity contribution in [1.82, 2.24) is 15.0 Å². The number of imidazole rings is 1. The first-order chi connectivity index (χ1) is 16.0. The molecule has 174 valence electrons. The standard InChI is InChI=1S/C22H23ClN4O6/c23-12-5-13-21(26-22(24-13)33-17-9-32-19-16(30)8-31-20(17)19)25-18(12)10-1-3-11(4-2-10)27-6-14(28)15(29)7-27/h1-5,14-17,19-20,28-30H,6-9H2,(H,24,25,26). The summed E-state index contributed by atoms with van der Waals surface area (Å²) in [6, 6.07) is 9.66. The number of aliphatic hydroxyl groups is 3. The Morgan fingerprint density at radius 3 is 2.45 bits per heavy atom. The van der Waals surface area contributed by atoms with E-state index in [9.17, 15) is 15.3 Å². The molecule has 3 saturated heterocycles. The smallest absolute Gasteiger partial charge is 0.296 e. The lowest BCUT2D eigenvalue weighted by Crippen LogP contribution is -2.34. The van der Waals surface area contributed by atoms with Gasteiger partial charge < -0.3 is 39.4 Å². The number of pyridine rings is 1.